The summed E-state index contributed by atoms with van der Waals surface area (Å²) in [5.74, 6) is -0.243. The number of piperazine rings is 1. The van der Waals surface area contributed by atoms with Crippen molar-refractivity contribution in [1.82, 2.24) is 4.90 Å². The molecule has 1 fully saturated rings. The fourth-order valence-electron chi connectivity index (χ4n) is 3.55. The van der Waals surface area contributed by atoms with Crippen molar-refractivity contribution in [3.05, 3.63) is 75.4 Å². The van der Waals surface area contributed by atoms with Gasteiger partial charge in [-0.05, 0) is 48.9 Å². The van der Waals surface area contributed by atoms with Gasteiger partial charge in [-0.1, -0.05) is 23.7 Å². The molecule has 1 aliphatic rings. The first-order valence-electron chi connectivity index (χ1n) is 9.54. The highest BCUT2D eigenvalue weighted by Crippen LogP contribution is 2.29. The number of hydrogen-bond donors (Lipinski definition) is 0. The fraction of sp³-hybridized carbons (Fsp3) is 0.227. The monoisotopic (exact) mass is 460 g/mol. The summed E-state index contributed by atoms with van der Waals surface area (Å²) in [4.78, 5) is 17.3. The van der Waals surface area contributed by atoms with Crippen molar-refractivity contribution >= 4 is 44.4 Å². The predicted octanol–water partition coefficient (Wildman–Crippen LogP) is 4.51. The van der Waals surface area contributed by atoms with E-state index in [1.54, 1.807) is 10.3 Å². The van der Waals surface area contributed by atoms with Crippen LogP contribution in [0.4, 0.5) is 5.69 Å². The van der Waals surface area contributed by atoms with E-state index in [0.29, 0.717) is 31.2 Å². The molecule has 8 heteroatoms. The lowest BCUT2D eigenvalue weighted by molar-refractivity contribution is 0.0743. The minimum atomic E-state index is -3.79. The van der Waals surface area contributed by atoms with E-state index in [1.165, 1.54) is 46.5 Å². The standard InChI is InChI=1S/C22H21ClN2O3S2/c1-16-3-2-4-18(13-16)24-9-11-25(12-10-24)22(26)20-14-29-15-21(20)30(27,28)19-7-5-17(23)6-8-19/h2-8,13-15H,9-12H2,1H3. The largest absolute Gasteiger partial charge is 0.368 e. The second-order valence-corrected chi connectivity index (χ2v) is 10.3. The first-order valence-corrected chi connectivity index (χ1v) is 12.3. The number of carbonyl (C=O) groups is 1. The topological polar surface area (TPSA) is 57.7 Å². The zero-order chi connectivity index (χ0) is 21.3. The van der Waals surface area contributed by atoms with E-state index >= 15 is 0 Å². The maximum Gasteiger partial charge on any atom is 0.256 e. The number of rotatable bonds is 4. The summed E-state index contributed by atoms with van der Waals surface area (Å²) in [7, 11) is -3.79. The summed E-state index contributed by atoms with van der Waals surface area (Å²) < 4.78 is 26.1. The van der Waals surface area contributed by atoms with Gasteiger partial charge >= 0.3 is 0 Å². The maximum atomic E-state index is 13.1. The van der Waals surface area contributed by atoms with E-state index in [4.69, 9.17) is 11.6 Å². The number of aryl methyl sites for hydroxylation is 1. The number of carbonyl (C=O) groups excluding carboxylic acids is 1. The Morgan fingerprint density at radius 3 is 2.37 bits per heavy atom. The number of nitrogens with zero attached hydrogens (tertiary/aromatic N) is 2. The molecule has 2 aromatic carbocycles. The van der Waals surface area contributed by atoms with Gasteiger partial charge in [-0.3, -0.25) is 4.79 Å². The van der Waals surface area contributed by atoms with Crippen molar-refractivity contribution in [1.29, 1.82) is 0 Å². The average molecular weight is 461 g/mol. The highest BCUT2D eigenvalue weighted by atomic mass is 35.5. The molecule has 0 radical (unpaired) electrons. The van der Waals surface area contributed by atoms with Crippen molar-refractivity contribution in [2.24, 2.45) is 0 Å². The van der Waals surface area contributed by atoms with Crippen LogP contribution in [0.5, 0.6) is 0 Å². The Kier molecular flexibility index (Phi) is 5.86. The number of halogens is 1. The molecule has 0 atom stereocenters. The van der Waals surface area contributed by atoms with Gasteiger partial charge in [-0.2, -0.15) is 11.3 Å². The third kappa shape index (κ3) is 4.10. The SMILES string of the molecule is Cc1cccc(N2CCN(C(=O)c3cscc3S(=O)(=O)c3ccc(Cl)cc3)CC2)c1. The third-order valence-electron chi connectivity index (χ3n) is 5.20. The van der Waals surface area contributed by atoms with Crippen LogP contribution in [0.25, 0.3) is 0 Å². The Morgan fingerprint density at radius 1 is 1.00 bits per heavy atom. The maximum absolute atomic E-state index is 13.1. The normalized spacial score (nSPS) is 14.7. The first kappa shape index (κ1) is 20.9. The number of anilines is 1. The highest BCUT2D eigenvalue weighted by Gasteiger charge is 2.29. The summed E-state index contributed by atoms with van der Waals surface area (Å²) in [6.45, 7) is 4.56. The molecule has 0 saturated carbocycles. The zero-order valence-corrected chi connectivity index (χ0v) is 18.8. The lowest BCUT2D eigenvalue weighted by Gasteiger charge is -2.36. The molecule has 0 bridgehead atoms. The second-order valence-electron chi connectivity index (χ2n) is 7.23. The molecule has 1 aliphatic heterocycles. The third-order valence-corrected chi connectivity index (χ3v) is 8.16. The van der Waals surface area contributed by atoms with Gasteiger partial charge in [0.25, 0.3) is 5.91 Å². The summed E-state index contributed by atoms with van der Waals surface area (Å²) in [5, 5.41) is 3.61. The number of hydrogen-bond acceptors (Lipinski definition) is 5. The molecule has 1 saturated heterocycles. The van der Waals surface area contributed by atoms with Gasteiger partial charge in [-0.25, -0.2) is 8.42 Å². The minimum Gasteiger partial charge on any atom is -0.368 e. The molecule has 1 aromatic heterocycles. The minimum absolute atomic E-state index is 0.0564. The Hall–Kier alpha value is -2.35. The van der Waals surface area contributed by atoms with Crippen molar-refractivity contribution < 1.29 is 13.2 Å². The molecule has 0 N–H and O–H groups in total. The van der Waals surface area contributed by atoms with Gasteiger partial charge in [0.15, 0.2) is 0 Å². The van der Waals surface area contributed by atoms with E-state index < -0.39 is 9.84 Å². The summed E-state index contributed by atoms with van der Waals surface area (Å²) >= 11 is 7.10. The van der Waals surface area contributed by atoms with Crippen molar-refractivity contribution in [3.63, 3.8) is 0 Å². The van der Waals surface area contributed by atoms with Gasteiger partial charge < -0.3 is 9.80 Å². The molecular weight excluding hydrogens is 440 g/mol. The first-order chi connectivity index (χ1) is 14.4. The molecule has 0 spiro atoms. The van der Waals surface area contributed by atoms with Crippen molar-refractivity contribution in [2.75, 3.05) is 31.1 Å². The molecule has 30 heavy (non-hydrogen) atoms. The van der Waals surface area contributed by atoms with E-state index in [2.05, 4.69) is 30.0 Å². The number of amides is 1. The molecule has 1 amide bonds. The molecule has 4 rings (SSSR count). The molecule has 0 unspecified atom stereocenters. The Morgan fingerprint density at radius 2 is 1.70 bits per heavy atom. The van der Waals surface area contributed by atoms with Crippen molar-refractivity contribution in [2.45, 2.75) is 16.7 Å². The van der Waals surface area contributed by atoms with Gasteiger partial charge in [0, 0.05) is 47.6 Å². The summed E-state index contributed by atoms with van der Waals surface area (Å²) in [6, 6.07) is 14.3. The van der Waals surface area contributed by atoms with Crippen LogP contribution < -0.4 is 4.90 Å². The molecular formula is C22H21ClN2O3S2. The van der Waals surface area contributed by atoms with Gasteiger partial charge in [0.2, 0.25) is 9.84 Å². The van der Waals surface area contributed by atoms with Gasteiger partial charge in [0.05, 0.1) is 15.4 Å². The Bertz CT molecular complexity index is 1170. The average Bonchev–Trinajstić information content (AvgIpc) is 3.24. The van der Waals surface area contributed by atoms with Crippen LogP contribution in [0.3, 0.4) is 0 Å². The Balaban J connectivity index is 1.52. The molecule has 0 aliphatic carbocycles. The lowest BCUT2D eigenvalue weighted by Crippen LogP contribution is -2.49. The van der Waals surface area contributed by atoms with E-state index in [-0.39, 0.29) is 21.3 Å². The van der Waals surface area contributed by atoms with Crippen LogP contribution in [-0.2, 0) is 9.84 Å². The van der Waals surface area contributed by atoms with Crippen LogP contribution in [0, 0.1) is 6.92 Å². The smallest absolute Gasteiger partial charge is 0.256 e. The predicted molar refractivity (Wildman–Crippen MR) is 121 cm³/mol. The number of thiophene rings is 1. The fourth-order valence-corrected chi connectivity index (χ4v) is 6.29. The van der Waals surface area contributed by atoms with Crippen LogP contribution in [0.2, 0.25) is 5.02 Å². The van der Waals surface area contributed by atoms with Crippen LogP contribution in [0.1, 0.15) is 15.9 Å². The quantitative estimate of drug-likeness (QED) is 0.575. The molecule has 3 aromatic rings. The van der Waals surface area contributed by atoms with E-state index in [9.17, 15) is 13.2 Å². The van der Waals surface area contributed by atoms with Gasteiger partial charge in [-0.15, -0.1) is 0 Å². The van der Waals surface area contributed by atoms with Crippen LogP contribution >= 0.6 is 22.9 Å². The lowest BCUT2D eigenvalue weighted by atomic mass is 10.2. The van der Waals surface area contributed by atoms with Crippen molar-refractivity contribution in [3.8, 4) is 0 Å². The van der Waals surface area contributed by atoms with Crippen LogP contribution in [0.15, 0.2) is 69.1 Å². The van der Waals surface area contributed by atoms with Crippen LogP contribution in [-0.4, -0.2) is 45.4 Å². The number of sulfone groups is 1. The van der Waals surface area contributed by atoms with E-state index in [0.717, 1.165) is 5.69 Å². The Labute approximate surface area is 185 Å². The summed E-state index contributed by atoms with van der Waals surface area (Å²) in [5.41, 5.74) is 2.57. The molecule has 2 heterocycles. The molecule has 156 valence electrons. The highest BCUT2D eigenvalue weighted by molar-refractivity contribution is 7.91. The van der Waals surface area contributed by atoms with E-state index in [1.807, 2.05) is 6.07 Å². The summed E-state index contributed by atoms with van der Waals surface area (Å²) in [6.07, 6.45) is 0. The second kappa shape index (κ2) is 8.41. The number of benzene rings is 2. The molecule has 5 nitrogen and oxygen atoms in total. The van der Waals surface area contributed by atoms with Gasteiger partial charge in [0.1, 0.15) is 0 Å². The zero-order valence-electron chi connectivity index (χ0n) is 16.4.